The number of amides is 3. The second-order valence-corrected chi connectivity index (χ2v) is 7.09. The summed E-state index contributed by atoms with van der Waals surface area (Å²) in [7, 11) is 1.56. The smallest absolute Gasteiger partial charge is 0.414 e. The number of imide groups is 1. The Balaban J connectivity index is 1.76. The first-order chi connectivity index (χ1) is 13.0. The summed E-state index contributed by atoms with van der Waals surface area (Å²) >= 11 is 2.40. The molecular formula is C17H15N3O5S2. The van der Waals surface area contributed by atoms with Gasteiger partial charge in [-0.05, 0) is 30.5 Å². The van der Waals surface area contributed by atoms with E-state index in [0.29, 0.717) is 16.3 Å². The van der Waals surface area contributed by atoms with Crippen LogP contribution in [0.5, 0.6) is 5.75 Å². The molecule has 0 unspecified atom stereocenters. The molecule has 8 nitrogen and oxygen atoms in total. The Morgan fingerprint density at radius 3 is 2.74 bits per heavy atom. The highest BCUT2D eigenvalue weighted by Gasteiger charge is 2.20. The van der Waals surface area contributed by atoms with Gasteiger partial charge < -0.3 is 14.8 Å². The Hall–Kier alpha value is -2.98. The first kappa shape index (κ1) is 18.8. The molecule has 0 aliphatic carbocycles. The molecule has 2 heterocycles. The first-order valence-electron chi connectivity index (χ1n) is 7.83. The van der Waals surface area contributed by atoms with Gasteiger partial charge in [-0.3, -0.25) is 14.9 Å². The molecule has 2 aromatic heterocycles. The van der Waals surface area contributed by atoms with E-state index >= 15 is 0 Å². The lowest BCUT2D eigenvalue weighted by molar-refractivity contribution is 0.0926. The highest BCUT2D eigenvalue weighted by atomic mass is 32.1. The number of fused-ring (bicyclic) bond motifs is 1. The van der Waals surface area contributed by atoms with E-state index in [-0.39, 0.29) is 17.2 Å². The quantitative estimate of drug-likeness (QED) is 0.673. The van der Waals surface area contributed by atoms with Gasteiger partial charge in [0.15, 0.2) is 5.01 Å². The van der Waals surface area contributed by atoms with Crippen molar-refractivity contribution >= 4 is 55.8 Å². The van der Waals surface area contributed by atoms with Crippen molar-refractivity contribution < 1.29 is 23.9 Å². The number of carbonyl (C=O) groups is 3. The molecule has 1 aromatic carbocycles. The van der Waals surface area contributed by atoms with E-state index in [9.17, 15) is 14.4 Å². The average Bonchev–Trinajstić information content (AvgIpc) is 3.27. The maximum atomic E-state index is 12.5. The van der Waals surface area contributed by atoms with Gasteiger partial charge in [-0.25, -0.2) is 9.78 Å². The summed E-state index contributed by atoms with van der Waals surface area (Å²) in [6, 6.07) is 6.87. The normalized spacial score (nSPS) is 10.4. The van der Waals surface area contributed by atoms with Crippen LogP contribution in [0.2, 0.25) is 0 Å². The number of rotatable bonds is 5. The third-order valence-electron chi connectivity index (χ3n) is 3.42. The fraction of sp³-hybridized carbons (Fsp3) is 0.176. The van der Waals surface area contributed by atoms with Gasteiger partial charge in [0, 0.05) is 6.07 Å². The Labute approximate surface area is 162 Å². The molecule has 0 atom stereocenters. The molecule has 10 heteroatoms. The summed E-state index contributed by atoms with van der Waals surface area (Å²) in [4.78, 5) is 40.4. The first-order valence-corrected chi connectivity index (χ1v) is 9.53. The van der Waals surface area contributed by atoms with Gasteiger partial charge in [0.05, 0.1) is 29.5 Å². The van der Waals surface area contributed by atoms with E-state index in [1.165, 1.54) is 28.7 Å². The lowest BCUT2D eigenvalue weighted by atomic mass is 10.3. The summed E-state index contributed by atoms with van der Waals surface area (Å²) in [6.07, 6.45) is -0.842. The number of methoxy groups -OCH3 is 1. The number of hydrogen-bond acceptors (Lipinski definition) is 8. The highest BCUT2D eigenvalue weighted by molar-refractivity contribution is 7.20. The van der Waals surface area contributed by atoms with E-state index in [1.54, 1.807) is 31.5 Å². The number of hydrogen-bond donors (Lipinski definition) is 2. The Kier molecular flexibility index (Phi) is 5.67. The Morgan fingerprint density at radius 2 is 2.00 bits per heavy atom. The molecular weight excluding hydrogens is 390 g/mol. The summed E-state index contributed by atoms with van der Waals surface area (Å²) in [6.45, 7) is 1.78. The molecule has 140 valence electrons. The number of aromatic nitrogens is 1. The third kappa shape index (κ3) is 4.23. The standard InChI is InChI=1S/C17H15N3O5S2/c1-3-25-17(23)20-13(21)10-6-7-26-15(10)19-14(22)16-18-11-8-9(24-2)4-5-12(11)27-16/h4-8H,3H2,1-2H3,(H,19,22)(H,20,21,23). The zero-order valence-corrected chi connectivity index (χ0v) is 16.0. The van der Waals surface area contributed by atoms with Gasteiger partial charge in [0.1, 0.15) is 10.8 Å². The second-order valence-electron chi connectivity index (χ2n) is 5.14. The zero-order valence-electron chi connectivity index (χ0n) is 14.4. The number of benzene rings is 1. The predicted octanol–water partition coefficient (Wildman–Crippen LogP) is 3.51. The Morgan fingerprint density at radius 1 is 1.19 bits per heavy atom. The number of nitrogens with zero attached hydrogens (tertiary/aromatic N) is 1. The van der Waals surface area contributed by atoms with E-state index in [2.05, 4.69) is 20.4 Å². The van der Waals surface area contributed by atoms with Crippen molar-refractivity contribution in [1.29, 1.82) is 0 Å². The van der Waals surface area contributed by atoms with Crippen LogP contribution in [-0.4, -0.2) is 36.6 Å². The second kappa shape index (κ2) is 8.14. The van der Waals surface area contributed by atoms with Crippen LogP contribution < -0.4 is 15.4 Å². The van der Waals surface area contributed by atoms with Crippen LogP contribution in [0.1, 0.15) is 27.1 Å². The molecule has 3 rings (SSSR count). The summed E-state index contributed by atoms with van der Waals surface area (Å²) in [5.41, 5.74) is 0.820. The summed E-state index contributed by atoms with van der Waals surface area (Å²) in [5, 5.41) is 6.97. The number of alkyl carbamates (subject to hydrolysis) is 1. The van der Waals surface area contributed by atoms with Gasteiger partial charge in [-0.1, -0.05) is 0 Å². The number of ether oxygens (including phenoxy) is 2. The lowest BCUT2D eigenvalue weighted by Gasteiger charge is -2.06. The lowest BCUT2D eigenvalue weighted by Crippen LogP contribution is -2.31. The van der Waals surface area contributed by atoms with Crippen molar-refractivity contribution in [3.8, 4) is 5.75 Å². The van der Waals surface area contributed by atoms with Crippen LogP contribution in [-0.2, 0) is 4.74 Å². The molecule has 0 saturated heterocycles. The van der Waals surface area contributed by atoms with Crippen LogP contribution >= 0.6 is 22.7 Å². The van der Waals surface area contributed by atoms with E-state index in [4.69, 9.17) is 4.74 Å². The van der Waals surface area contributed by atoms with Gasteiger partial charge >= 0.3 is 6.09 Å². The number of carbonyl (C=O) groups excluding carboxylic acids is 3. The topological polar surface area (TPSA) is 107 Å². The van der Waals surface area contributed by atoms with Crippen LogP contribution in [0.3, 0.4) is 0 Å². The summed E-state index contributed by atoms with van der Waals surface area (Å²) < 4.78 is 10.7. The van der Waals surface area contributed by atoms with Crippen LogP contribution in [0, 0.1) is 0 Å². The minimum atomic E-state index is -0.842. The van der Waals surface area contributed by atoms with Gasteiger partial charge in [0.25, 0.3) is 11.8 Å². The zero-order chi connectivity index (χ0) is 19.4. The van der Waals surface area contributed by atoms with Crippen molar-refractivity contribution in [2.75, 3.05) is 19.0 Å². The SMILES string of the molecule is CCOC(=O)NC(=O)c1ccsc1NC(=O)c1nc2cc(OC)ccc2s1. The maximum Gasteiger partial charge on any atom is 0.414 e. The van der Waals surface area contributed by atoms with Crippen LogP contribution in [0.25, 0.3) is 10.2 Å². The van der Waals surface area contributed by atoms with Crippen LogP contribution in [0.15, 0.2) is 29.6 Å². The Bertz CT molecular complexity index is 1010. The van der Waals surface area contributed by atoms with Crippen molar-refractivity contribution in [2.24, 2.45) is 0 Å². The van der Waals surface area contributed by atoms with Crippen molar-refractivity contribution in [3.05, 3.63) is 40.2 Å². The van der Waals surface area contributed by atoms with Crippen molar-refractivity contribution in [1.82, 2.24) is 10.3 Å². The molecule has 3 amide bonds. The molecule has 0 aliphatic heterocycles. The predicted molar refractivity (Wildman–Crippen MR) is 103 cm³/mol. The fourth-order valence-electron chi connectivity index (χ4n) is 2.20. The highest BCUT2D eigenvalue weighted by Crippen LogP contribution is 2.28. The minimum absolute atomic E-state index is 0.148. The number of nitrogens with one attached hydrogen (secondary N) is 2. The molecule has 27 heavy (non-hydrogen) atoms. The average molecular weight is 405 g/mol. The molecule has 2 N–H and O–H groups in total. The minimum Gasteiger partial charge on any atom is -0.497 e. The maximum absolute atomic E-state index is 12.5. The number of thiophene rings is 1. The third-order valence-corrected chi connectivity index (χ3v) is 5.28. The fourth-order valence-corrected chi connectivity index (χ4v) is 3.82. The van der Waals surface area contributed by atoms with Crippen LogP contribution in [0.4, 0.5) is 9.80 Å². The molecule has 0 fully saturated rings. The van der Waals surface area contributed by atoms with Crippen molar-refractivity contribution in [2.45, 2.75) is 6.92 Å². The molecule has 3 aromatic rings. The van der Waals surface area contributed by atoms with Crippen molar-refractivity contribution in [3.63, 3.8) is 0 Å². The largest absolute Gasteiger partial charge is 0.497 e. The molecule has 0 spiro atoms. The number of anilines is 1. The monoisotopic (exact) mass is 405 g/mol. The van der Waals surface area contributed by atoms with Gasteiger partial charge in [-0.2, -0.15) is 0 Å². The van der Waals surface area contributed by atoms with E-state index in [0.717, 1.165) is 4.70 Å². The molecule has 0 bridgehead atoms. The van der Waals surface area contributed by atoms with Gasteiger partial charge in [0.2, 0.25) is 0 Å². The van der Waals surface area contributed by atoms with E-state index < -0.39 is 17.9 Å². The molecule has 0 aliphatic rings. The number of thiazole rings is 1. The van der Waals surface area contributed by atoms with E-state index in [1.807, 2.05) is 6.07 Å². The molecule has 0 saturated carbocycles. The van der Waals surface area contributed by atoms with Gasteiger partial charge in [-0.15, -0.1) is 22.7 Å². The summed E-state index contributed by atoms with van der Waals surface area (Å²) in [5.74, 6) is -0.447. The molecule has 0 radical (unpaired) electrons.